The van der Waals surface area contributed by atoms with Crippen LogP contribution < -0.4 is 5.32 Å². The number of carbonyl (C=O) groups excluding carboxylic acids is 1. The second-order valence-electron chi connectivity index (χ2n) is 4.83. The quantitative estimate of drug-likeness (QED) is 0.766. The largest absolute Gasteiger partial charge is 0.467 e. The fourth-order valence-electron chi connectivity index (χ4n) is 2.05. The van der Waals surface area contributed by atoms with Crippen molar-refractivity contribution in [3.05, 3.63) is 54.0 Å². The van der Waals surface area contributed by atoms with Gasteiger partial charge in [0.1, 0.15) is 5.76 Å². The zero-order chi connectivity index (χ0) is 15.1. The lowest BCUT2D eigenvalue weighted by Crippen LogP contribution is -2.09. The minimum absolute atomic E-state index is 0.123. The standard InChI is InChI=1S/C17H21NO3/c1-3-11-21-17(19)13-7-9-14(10-8-13)18-15(4-2)16-6-5-12-20-16/h5-10,12,15,18H,3-4,11H2,1-2H3. The van der Waals surface area contributed by atoms with Gasteiger partial charge in [-0.3, -0.25) is 0 Å². The average molecular weight is 287 g/mol. The van der Waals surface area contributed by atoms with Crippen molar-refractivity contribution in [3.8, 4) is 0 Å². The highest BCUT2D eigenvalue weighted by Gasteiger charge is 2.12. The van der Waals surface area contributed by atoms with Crippen LogP contribution in [-0.2, 0) is 4.74 Å². The predicted molar refractivity (Wildman–Crippen MR) is 82.4 cm³/mol. The molecule has 4 heteroatoms. The van der Waals surface area contributed by atoms with E-state index in [1.165, 1.54) is 0 Å². The molecule has 0 saturated heterocycles. The number of ether oxygens (including phenoxy) is 1. The molecule has 2 aromatic rings. The molecule has 0 amide bonds. The number of furan rings is 1. The second kappa shape index (κ2) is 7.53. The third-order valence-corrected chi connectivity index (χ3v) is 3.19. The van der Waals surface area contributed by atoms with Crippen LogP contribution in [0.3, 0.4) is 0 Å². The van der Waals surface area contributed by atoms with Gasteiger partial charge in [-0.05, 0) is 49.2 Å². The molecule has 1 atom stereocenters. The zero-order valence-electron chi connectivity index (χ0n) is 12.5. The van der Waals surface area contributed by atoms with Gasteiger partial charge >= 0.3 is 5.97 Å². The molecule has 0 spiro atoms. The molecule has 0 saturated carbocycles. The van der Waals surface area contributed by atoms with E-state index in [-0.39, 0.29) is 12.0 Å². The molecule has 1 aromatic heterocycles. The smallest absolute Gasteiger partial charge is 0.338 e. The summed E-state index contributed by atoms with van der Waals surface area (Å²) in [7, 11) is 0. The van der Waals surface area contributed by atoms with E-state index in [1.54, 1.807) is 18.4 Å². The van der Waals surface area contributed by atoms with Crippen LogP contribution in [0.1, 0.15) is 48.8 Å². The summed E-state index contributed by atoms with van der Waals surface area (Å²) in [6, 6.07) is 11.3. The van der Waals surface area contributed by atoms with Crippen LogP contribution in [-0.4, -0.2) is 12.6 Å². The van der Waals surface area contributed by atoms with Gasteiger partial charge in [0.15, 0.2) is 0 Å². The Balaban J connectivity index is 2.00. The second-order valence-corrected chi connectivity index (χ2v) is 4.83. The van der Waals surface area contributed by atoms with Crippen molar-refractivity contribution >= 4 is 11.7 Å². The van der Waals surface area contributed by atoms with E-state index in [4.69, 9.17) is 9.15 Å². The summed E-state index contributed by atoms with van der Waals surface area (Å²) in [4.78, 5) is 11.7. The van der Waals surface area contributed by atoms with Gasteiger partial charge in [-0.15, -0.1) is 0 Å². The highest BCUT2D eigenvalue weighted by Crippen LogP contribution is 2.23. The van der Waals surface area contributed by atoms with Gasteiger partial charge in [0.2, 0.25) is 0 Å². The van der Waals surface area contributed by atoms with E-state index >= 15 is 0 Å². The molecule has 1 heterocycles. The highest BCUT2D eigenvalue weighted by atomic mass is 16.5. The molecular formula is C17H21NO3. The summed E-state index contributed by atoms with van der Waals surface area (Å²) >= 11 is 0. The van der Waals surface area contributed by atoms with Crippen molar-refractivity contribution < 1.29 is 13.9 Å². The molecule has 1 aromatic carbocycles. The number of nitrogens with one attached hydrogen (secondary N) is 1. The molecule has 2 rings (SSSR count). The first-order valence-electron chi connectivity index (χ1n) is 7.31. The molecule has 112 valence electrons. The van der Waals surface area contributed by atoms with E-state index in [9.17, 15) is 4.79 Å². The Bertz CT molecular complexity index is 546. The van der Waals surface area contributed by atoms with Crippen molar-refractivity contribution in [1.82, 2.24) is 0 Å². The number of anilines is 1. The van der Waals surface area contributed by atoms with Gasteiger partial charge < -0.3 is 14.5 Å². The third-order valence-electron chi connectivity index (χ3n) is 3.19. The average Bonchev–Trinajstić information content (AvgIpc) is 3.05. The fourth-order valence-corrected chi connectivity index (χ4v) is 2.05. The third kappa shape index (κ3) is 4.12. The maximum atomic E-state index is 11.7. The minimum Gasteiger partial charge on any atom is -0.467 e. The summed E-state index contributed by atoms with van der Waals surface area (Å²) in [6.07, 6.45) is 3.41. The number of hydrogen-bond acceptors (Lipinski definition) is 4. The Hall–Kier alpha value is -2.23. The van der Waals surface area contributed by atoms with Crippen molar-refractivity contribution in [2.24, 2.45) is 0 Å². The fraction of sp³-hybridized carbons (Fsp3) is 0.353. The Morgan fingerprint density at radius 2 is 2.00 bits per heavy atom. The lowest BCUT2D eigenvalue weighted by Gasteiger charge is -2.16. The van der Waals surface area contributed by atoms with Gasteiger partial charge in [0, 0.05) is 5.69 Å². The first kappa shape index (κ1) is 15.2. The van der Waals surface area contributed by atoms with E-state index in [1.807, 2.05) is 31.2 Å². The monoisotopic (exact) mass is 287 g/mol. The summed E-state index contributed by atoms with van der Waals surface area (Å²) < 4.78 is 10.5. The number of rotatable bonds is 7. The van der Waals surface area contributed by atoms with Gasteiger partial charge in [-0.25, -0.2) is 4.79 Å². The summed E-state index contributed by atoms with van der Waals surface area (Å²) in [5.74, 6) is 0.630. The number of carbonyl (C=O) groups is 1. The molecule has 4 nitrogen and oxygen atoms in total. The maximum absolute atomic E-state index is 11.7. The normalized spacial score (nSPS) is 11.9. The SMILES string of the molecule is CCCOC(=O)c1ccc(NC(CC)c2ccco2)cc1. The topological polar surface area (TPSA) is 51.5 Å². The van der Waals surface area contributed by atoms with E-state index in [2.05, 4.69) is 12.2 Å². The summed E-state index contributed by atoms with van der Waals surface area (Å²) in [5.41, 5.74) is 1.52. The Morgan fingerprint density at radius 3 is 2.57 bits per heavy atom. The van der Waals surface area contributed by atoms with Gasteiger partial charge in [-0.2, -0.15) is 0 Å². The van der Waals surface area contributed by atoms with Gasteiger partial charge in [-0.1, -0.05) is 13.8 Å². The van der Waals surface area contributed by atoms with Crippen molar-refractivity contribution in [3.63, 3.8) is 0 Å². The number of esters is 1. The molecule has 0 aliphatic rings. The Kier molecular flexibility index (Phi) is 5.43. The minimum atomic E-state index is -0.276. The number of benzene rings is 1. The van der Waals surface area contributed by atoms with Crippen molar-refractivity contribution in [2.75, 3.05) is 11.9 Å². The zero-order valence-corrected chi connectivity index (χ0v) is 12.5. The lowest BCUT2D eigenvalue weighted by molar-refractivity contribution is 0.0505. The molecular weight excluding hydrogens is 266 g/mol. The Labute approximate surface area is 125 Å². The molecule has 0 aliphatic carbocycles. The van der Waals surface area contributed by atoms with Gasteiger partial charge in [0.25, 0.3) is 0 Å². The van der Waals surface area contributed by atoms with Crippen LogP contribution in [0.25, 0.3) is 0 Å². The van der Waals surface area contributed by atoms with Crippen molar-refractivity contribution in [2.45, 2.75) is 32.7 Å². The molecule has 1 unspecified atom stereocenters. The maximum Gasteiger partial charge on any atom is 0.338 e. The Morgan fingerprint density at radius 1 is 1.24 bits per heavy atom. The van der Waals surface area contributed by atoms with E-state index in [0.29, 0.717) is 12.2 Å². The number of hydrogen-bond donors (Lipinski definition) is 1. The first-order valence-corrected chi connectivity index (χ1v) is 7.31. The molecule has 0 radical (unpaired) electrons. The van der Waals surface area contributed by atoms with Crippen molar-refractivity contribution in [1.29, 1.82) is 0 Å². The van der Waals surface area contributed by atoms with Crippen LogP contribution in [0.5, 0.6) is 0 Å². The van der Waals surface area contributed by atoms with E-state index in [0.717, 1.165) is 24.3 Å². The van der Waals surface area contributed by atoms with Crippen LogP contribution in [0.15, 0.2) is 47.1 Å². The first-order chi connectivity index (χ1) is 10.2. The van der Waals surface area contributed by atoms with Crippen LogP contribution in [0, 0.1) is 0 Å². The molecule has 21 heavy (non-hydrogen) atoms. The molecule has 0 aliphatic heterocycles. The van der Waals surface area contributed by atoms with E-state index < -0.39 is 0 Å². The predicted octanol–water partition coefficient (Wildman–Crippen LogP) is 4.41. The molecule has 1 N–H and O–H groups in total. The highest BCUT2D eigenvalue weighted by molar-refractivity contribution is 5.89. The summed E-state index contributed by atoms with van der Waals surface area (Å²) in [6.45, 7) is 4.52. The van der Waals surface area contributed by atoms with Crippen LogP contribution in [0.2, 0.25) is 0 Å². The summed E-state index contributed by atoms with van der Waals surface area (Å²) in [5, 5.41) is 3.39. The molecule has 0 bridgehead atoms. The van der Waals surface area contributed by atoms with Gasteiger partial charge in [0.05, 0.1) is 24.5 Å². The van der Waals surface area contributed by atoms with Crippen LogP contribution >= 0.6 is 0 Å². The molecule has 0 fully saturated rings. The van der Waals surface area contributed by atoms with Crippen LogP contribution in [0.4, 0.5) is 5.69 Å². The lowest BCUT2D eigenvalue weighted by atomic mass is 10.1.